The number of halogens is 1. The van der Waals surface area contributed by atoms with Crippen LogP contribution in [-0.2, 0) is 5.60 Å². The highest BCUT2D eigenvalue weighted by molar-refractivity contribution is 9.10. The van der Waals surface area contributed by atoms with E-state index in [9.17, 15) is 5.11 Å². The van der Waals surface area contributed by atoms with Gasteiger partial charge in [-0.05, 0) is 34.8 Å². The van der Waals surface area contributed by atoms with Crippen LogP contribution >= 0.6 is 15.9 Å². The van der Waals surface area contributed by atoms with Crippen molar-refractivity contribution < 1.29 is 5.11 Å². The summed E-state index contributed by atoms with van der Waals surface area (Å²) in [5, 5.41) is 10.3. The third-order valence-electron chi connectivity index (χ3n) is 2.51. The van der Waals surface area contributed by atoms with Gasteiger partial charge in [-0.3, -0.25) is 0 Å². The lowest BCUT2D eigenvalue weighted by Gasteiger charge is -2.26. The van der Waals surface area contributed by atoms with Gasteiger partial charge in [0.05, 0.1) is 5.60 Å². The number of pyridine rings is 1. The standard InChI is InChI=1S/C11H16BrNO/c1-3-7-11(14,4-2)9-5-6-10(12)13-8-9/h5-6,8,14H,3-4,7H2,1-2H3. The summed E-state index contributed by atoms with van der Waals surface area (Å²) in [6.45, 7) is 4.07. The molecule has 0 aliphatic rings. The van der Waals surface area contributed by atoms with E-state index in [4.69, 9.17) is 0 Å². The number of rotatable bonds is 4. The van der Waals surface area contributed by atoms with Gasteiger partial charge < -0.3 is 5.11 Å². The van der Waals surface area contributed by atoms with Gasteiger partial charge in [0, 0.05) is 11.8 Å². The minimum Gasteiger partial charge on any atom is -0.385 e. The Hall–Kier alpha value is -0.410. The monoisotopic (exact) mass is 257 g/mol. The molecule has 2 nitrogen and oxygen atoms in total. The van der Waals surface area contributed by atoms with Crippen LogP contribution in [0.5, 0.6) is 0 Å². The van der Waals surface area contributed by atoms with E-state index in [1.807, 2.05) is 19.1 Å². The van der Waals surface area contributed by atoms with Crippen LogP contribution < -0.4 is 0 Å². The second kappa shape index (κ2) is 4.89. The Morgan fingerprint density at radius 1 is 1.43 bits per heavy atom. The molecule has 0 radical (unpaired) electrons. The predicted octanol–water partition coefficient (Wildman–Crippen LogP) is 3.24. The largest absolute Gasteiger partial charge is 0.385 e. The molecule has 1 atom stereocenters. The van der Waals surface area contributed by atoms with Crippen molar-refractivity contribution in [3.05, 3.63) is 28.5 Å². The Labute approximate surface area is 93.5 Å². The van der Waals surface area contributed by atoms with Crippen LogP contribution in [0.1, 0.15) is 38.7 Å². The Balaban J connectivity index is 2.94. The number of aliphatic hydroxyl groups is 1. The lowest BCUT2D eigenvalue weighted by molar-refractivity contribution is 0.0223. The molecule has 1 N–H and O–H groups in total. The summed E-state index contributed by atoms with van der Waals surface area (Å²) in [7, 11) is 0. The first-order chi connectivity index (χ1) is 6.62. The quantitative estimate of drug-likeness (QED) is 0.841. The highest BCUT2D eigenvalue weighted by Gasteiger charge is 2.25. The lowest BCUT2D eigenvalue weighted by atomic mass is 9.88. The Bertz CT molecular complexity index is 286. The first-order valence-electron chi connectivity index (χ1n) is 4.97. The SMILES string of the molecule is CCCC(O)(CC)c1ccc(Br)nc1. The molecular weight excluding hydrogens is 242 g/mol. The summed E-state index contributed by atoms with van der Waals surface area (Å²) >= 11 is 3.28. The molecular formula is C11H16BrNO. The number of hydrogen-bond acceptors (Lipinski definition) is 2. The van der Waals surface area contributed by atoms with Crippen molar-refractivity contribution in [1.29, 1.82) is 0 Å². The molecule has 0 amide bonds. The maximum Gasteiger partial charge on any atom is 0.106 e. The first kappa shape index (κ1) is 11.7. The zero-order chi connectivity index (χ0) is 10.6. The van der Waals surface area contributed by atoms with Gasteiger partial charge in [-0.1, -0.05) is 26.3 Å². The molecule has 0 bridgehead atoms. The molecule has 3 heteroatoms. The van der Waals surface area contributed by atoms with E-state index in [1.165, 1.54) is 0 Å². The molecule has 1 heterocycles. The zero-order valence-corrected chi connectivity index (χ0v) is 10.2. The summed E-state index contributed by atoms with van der Waals surface area (Å²) in [6, 6.07) is 3.79. The normalized spacial score (nSPS) is 15.1. The number of aromatic nitrogens is 1. The van der Waals surface area contributed by atoms with Crippen molar-refractivity contribution in [3.8, 4) is 0 Å². The Kier molecular flexibility index (Phi) is 4.08. The molecule has 0 aliphatic carbocycles. The molecule has 14 heavy (non-hydrogen) atoms. The zero-order valence-electron chi connectivity index (χ0n) is 8.63. The molecule has 1 unspecified atom stereocenters. The second-order valence-corrected chi connectivity index (χ2v) is 4.32. The van der Waals surface area contributed by atoms with Gasteiger partial charge in [0.2, 0.25) is 0 Å². The summed E-state index contributed by atoms with van der Waals surface area (Å²) in [5.41, 5.74) is 0.202. The van der Waals surface area contributed by atoms with Crippen LogP contribution in [0.4, 0.5) is 0 Å². The maximum atomic E-state index is 10.3. The number of hydrogen-bond donors (Lipinski definition) is 1. The summed E-state index contributed by atoms with van der Waals surface area (Å²) in [5.74, 6) is 0. The Morgan fingerprint density at radius 2 is 2.14 bits per heavy atom. The van der Waals surface area contributed by atoms with E-state index in [2.05, 4.69) is 27.8 Å². The van der Waals surface area contributed by atoms with E-state index in [1.54, 1.807) is 6.20 Å². The minimum atomic E-state index is -0.706. The average molecular weight is 258 g/mol. The van der Waals surface area contributed by atoms with Crippen molar-refractivity contribution in [2.75, 3.05) is 0 Å². The topological polar surface area (TPSA) is 33.1 Å². The van der Waals surface area contributed by atoms with Crippen LogP contribution in [0.15, 0.2) is 22.9 Å². The van der Waals surface area contributed by atoms with Gasteiger partial charge >= 0.3 is 0 Å². The molecule has 1 rings (SSSR count). The number of nitrogens with zero attached hydrogens (tertiary/aromatic N) is 1. The lowest BCUT2D eigenvalue weighted by Crippen LogP contribution is -2.24. The molecule has 1 aromatic heterocycles. The van der Waals surface area contributed by atoms with Crippen LogP contribution in [0.2, 0.25) is 0 Å². The minimum absolute atomic E-state index is 0.706. The van der Waals surface area contributed by atoms with Crippen LogP contribution in [0, 0.1) is 0 Å². The molecule has 0 saturated heterocycles. The molecule has 0 aliphatic heterocycles. The van der Waals surface area contributed by atoms with Crippen molar-refractivity contribution >= 4 is 15.9 Å². The van der Waals surface area contributed by atoms with Gasteiger partial charge in [-0.15, -0.1) is 0 Å². The van der Waals surface area contributed by atoms with E-state index < -0.39 is 5.60 Å². The van der Waals surface area contributed by atoms with Gasteiger partial charge in [-0.25, -0.2) is 4.98 Å². The fourth-order valence-electron chi connectivity index (χ4n) is 1.59. The molecule has 0 aromatic carbocycles. The Morgan fingerprint density at radius 3 is 2.57 bits per heavy atom. The van der Waals surface area contributed by atoms with E-state index in [-0.39, 0.29) is 0 Å². The van der Waals surface area contributed by atoms with Crippen molar-refractivity contribution in [1.82, 2.24) is 4.98 Å². The molecule has 1 aromatic rings. The van der Waals surface area contributed by atoms with Gasteiger partial charge in [0.15, 0.2) is 0 Å². The average Bonchev–Trinajstić information content (AvgIpc) is 2.19. The molecule has 0 fully saturated rings. The summed E-state index contributed by atoms with van der Waals surface area (Å²) < 4.78 is 0.802. The van der Waals surface area contributed by atoms with Gasteiger partial charge in [0.1, 0.15) is 4.60 Å². The van der Waals surface area contributed by atoms with Crippen LogP contribution in [-0.4, -0.2) is 10.1 Å². The first-order valence-corrected chi connectivity index (χ1v) is 5.76. The van der Waals surface area contributed by atoms with Crippen LogP contribution in [0.3, 0.4) is 0 Å². The highest BCUT2D eigenvalue weighted by atomic mass is 79.9. The van der Waals surface area contributed by atoms with Gasteiger partial charge in [-0.2, -0.15) is 0 Å². The maximum absolute atomic E-state index is 10.3. The summed E-state index contributed by atoms with van der Waals surface area (Å²) in [4.78, 5) is 4.13. The fraction of sp³-hybridized carbons (Fsp3) is 0.545. The van der Waals surface area contributed by atoms with Crippen molar-refractivity contribution in [3.63, 3.8) is 0 Å². The predicted molar refractivity (Wildman–Crippen MR) is 61.0 cm³/mol. The van der Waals surface area contributed by atoms with E-state index in [0.29, 0.717) is 0 Å². The molecule has 0 spiro atoms. The third-order valence-corrected chi connectivity index (χ3v) is 2.98. The van der Waals surface area contributed by atoms with E-state index >= 15 is 0 Å². The van der Waals surface area contributed by atoms with Crippen LogP contribution in [0.25, 0.3) is 0 Å². The smallest absolute Gasteiger partial charge is 0.106 e. The third kappa shape index (κ3) is 2.55. The molecule has 78 valence electrons. The highest BCUT2D eigenvalue weighted by Crippen LogP contribution is 2.29. The van der Waals surface area contributed by atoms with Gasteiger partial charge in [0.25, 0.3) is 0 Å². The fourth-order valence-corrected chi connectivity index (χ4v) is 1.82. The van der Waals surface area contributed by atoms with Crippen molar-refractivity contribution in [2.45, 2.75) is 38.7 Å². The molecule has 0 saturated carbocycles. The van der Waals surface area contributed by atoms with E-state index in [0.717, 1.165) is 29.4 Å². The summed E-state index contributed by atoms with van der Waals surface area (Å²) in [6.07, 6.45) is 4.22. The van der Waals surface area contributed by atoms with Crippen molar-refractivity contribution in [2.24, 2.45) is 0 Å². The second-order valence-electron chi connectivity index (χ2n) is 3.50.